The summed E-state index contributed by atoms with van der Waals surface area (Å²) in [6, 6.07) is 3.47. The van der Waals surface area contributed by atoms with Gasteiger partial charge in [0, 0.05) is 11.6 Å². The normalized spacial score (nSPS) is 12.7. The number of carbonyl (C=O) groups is 1. The first-order valence-corrected chi connectivity index (χ1v) is 8.79. The Morgan fingerprint density at radius 3 is 2.62 bits per heavy atom. The number of hydrogen-bond donors (Lipinski definition) is 1. The smallest absolute Gasteiger partial charge is 0.270 e. The number of rotatable bonds is 3. The first-order valence-electron chi connectivity index (χ1n) is 7.63. The Balaban J connectivity index is 1.56. The van der Waals surface area contributed by atoms with Gasteiger partial charge in [0.1, 0.15) is 18.1 Å². The maximum atomic E-state index is 12.2. The summed E-state index contributed by atoms with van der Waals surface area (Å²) >= 11 is 7.35. The lowest BCUT2D eigenvalue weighted by Crippen LogP contribution is -2.15. The number of nitrogens with zero attached hydrogens (tertiary/aromatic N) is 4. The van der Waals surface area contributed by atoms with Gasteiger partial charge in [-0.05, 0) is 24.5 Å². The SMILES string of the molecule is Cc1nnsc1C(=O)Nc1cnc(-c2cc3c(cc2Cl)OCCO3)cn1. The third kappa shape index (κ3) is 3.18. The van der Waals surface area contributed by atoms with Crippen LogP contribution in [0.15, 0.2) is 24.5 Å². The fourth-order valence-electron chi connectivity index (χ4n) is 2.40. The molecule has 3 heterocycles. The molecule has 10 heteroatoms. The number of ether oxygens (including phenoxy) is 2. The van der Waals surface area contributed by atoms with Gasteiger partial charge in [-0.1, -0.05) is 16.1 Å². The maximum absolute atomic E-state index is 12.2. The van der Waals surface area contributed by atoms with Gasteiger partial charge in [-0.2, -0.15) is 0 Å². The van der Waals surface area contributed by atoms with Gasteiger partial charge in [0.25, 0.3) is 5.91 Å². The molecular formula is C16H12ClN5O3S. The molecule has 8 nitrogen and oxygen atoms in total. The van der Waals surface area contributed by atoms with Crippen molar-refractivity contribution in [2.75, 3.05) is 18.5 Å². The van der Waals surface area contributed by atoms with E-state index in [9.17, 15) is 4.79 Å². The Morgan fingerprint density at radius 2 is 1.96 bits per heavy atom. The molecule has 1 N–H and O–H groups in total. The van der Waals surface area contributed by atoms with Crippen LogP contribution in [0.2, 0.25) is 5.02 Å². The first-order chi connectivity index (χ1) is 12.6. The Bertz CT molecular complexity index is 977. The van der Waals surface area contributed by atoms with Gasteiger partial charge in [0.2, 0.25) is 0 Å². The van der Waals surface area contributed by atoms with Crippen LogP contribution in [0.4, 0.5) is 5.82 Å². The van der Waals surface area contributed by atoms with Crippen LogP contribution in [-0.4, -0.2) is 38.7 Å². The van der Waals surface area contributed by atoms with Crippen LogP contribution in [0, 0.1) is 6.92 Å². The number of fused-ring (bicyclic) bond motifs is 1. The summed E-state index contributed by atoms with van der Waals surface area (Å²) in [4.78, 5) is 21.2. The third-order valence-corrected chi connectivity index (χ3v) is 4.80. The van der Waals surface area contributed by atoms with E-state index in [4.69, 9.17) is 21.1 Å². The predicted molar refractivity (Wildman–Crippen MR) is 96.1 cm³/mol. The fraction of sp³-hybridized carbons (Fsp3) is 0.188. The summed E-state index contributed by atoms with van der Waals surface area (Å²) in [6.45, 7) is 2.69. The van der Waals surface area contributed by atoms with Crippen molar-refractivity contribution >= 4 is 34.9 Å². The molecule has 3 aromatic rings. The monoisotopic (exact) mass is 389 g/mol. The predicted octanol–water partition coefficient (Wildman–Crippen LogP) is 2.98. The van der Waals surface area contributed by atoms with Gasteiger partial charge < -0.3 is 14.8 Å². The summed E-state index contributed by atoms with van der Waals surface area (Å²) in [7, 11) is 0. The summed E-state index contributed by atoms with van der Waals surface area (Å²) < 4.78 is 14.8. The molecule has 1 aromatic carbocycles. The summed E-state index contributed by atoms with van der Waals surface area (Å²) in [5, 5.41) is 6.96. The van der Waals surface area contributed by atoms with Crippen LogP contribution < -0.4 is 14.8 Å². The molecule has 1 amide bonds. The second kappa shape index (κ2) is 6.85. The molecule has 4 rings (SSSR count). The zero-order valence-corrected chi connectivity index (χ0v) is 15.1. The number of hydrogen-bond acceptors (Lipinski definition) is 8. The molecule has 0 unspecified atom stereocenters. The van der Waals surface area contributed by atoms with E-state index in [1.807, 2.05) is 0 Å². The highest BCUT2D eigenvalue weighted by atomic mass is 35.5. The van der Waals surface area contributed by atoms with Crippen molar-refractivity contribution in [3.05, 3.63) is 40.1 Å². The Hall–Kier alpha value is -2.78. The molecule has 0 aliphatic carbocycles. The minimum atomic E-state index is -0.322. The highest BCUT2D eigenvalue weighted by Crippen LogP contribution is 2.39. The zero-order valence-electron chi connectivity index (χ0n) is 13.5. The molecule has 0 saturated carbocycles. The lowest BCUT2D eigenvalue weighted by molar-refractivity contribution is 0.102. The van der Waals surface area contributed by atoms with Crippen molar-refractivity contribution in [2.24, 2.45) is 0 Å². The minimum absolute atomic E-state index is 0.320. The van der Waals surface area contributed by atoms with Gasteiger partial charge in [-0.3, -0.25) is 9.78 Å². The lowest BCUT2D eigenvalue weighted by atomic mass is 10.1. The van der Waals surface area contributed by atoms with Gasteiger partial charge >= 0.3 is 0 Å². The number of aromatic nitrogens is 4. The third-order valence-electron chi connectivity index (χ3n) is 3.66. The number of anilines is 1. The molecule has 0 spiro atoms. The van der Waals surface area contributed by atoms with Gasteiger partial charge in [-0.15, -0.1) is 5.10 Å². The van der Waals surface area contributed by atoms with Gasteiger partial charge in [0.05, 0.1) is 28.8 Å². The lowest BCUT2D eigenvalue weighted by Gasteiger charge is -2.19. The molecule has 0 bridgehead atoms. The largest absolute Gasteiger partial charge is 0.486 e. The van der Waals surface area contributed by atoms with E-state index in [1.165, 1.54) is 12.4 Å². The van der Waals surface area contributed by atoms with Crippen molar-refractivity contribution in [3.63, 3.8) is 0 Å². The van der Waals surface area contributed by atoms with Crippen molar-refractivity contribution < 1.29 is 14.3 Å². The number of benzene rings is 1. The van der Waals surface area contributed by atoms with Crippen LogP contribution in [0.5, 0.6) is 11.5 Å². The molecular weight excluding hydrogens is 378 g/mol. The highest BCUT2D eigenvalue weighted by Gasteiger charge is 2.18. The van der Waals surface area contributed by atoms with E-state index >= 15 is 0 Å². The van der Waals surface area contributed by atoms with Crippen LogP contribution in [-0.2, 0) is 0 Å². The number of amides is 1. The molecule has 0 saturated heterocycles. The van der Waals surface area contributed by atoms with Crippen molar-refractivity contribution in [2.45, 2.75) is 6.92 Å². The van der Waals surface area contributed by atoms with Crippen molar-refractivity contribution in [1.29, 1.82) is 0 Å². The summed E-state index contributed by atoms with van der Waals surface area (Å²) in [5.41, 5.74) is 1.80. The van der Waals surface area contributed by atoms with E-state index in [0.29, 0.717) is 57.4 Å². The van der Waals surface area contributed by atoms with Crippen molar-refractivity contribution in [1.82, 2.24) is 19.6 Å². The summed E-state index contributed by atoms with van der Waals surface area (Å²) in [5.74, 6) is 1.22. The summed E-state index contributed by atoms with van der Waals surface area (Å²) in [6.07, 6.45) is 2.99. The number of nitrogens with one attached hydrogen (secondary N) is 1. The Kier molecular flexibility index (Phi) is 4.39. The van der Waals surface area contributed by atoms with Crippen LogP contribution in [0.3, 0.4) is 0 Å². The Labute approximate surface area is 157 Å². The average Bonchev–Trinajstić information content (AvgIpc) is 3.08. The molecule has 26 heavy (non-hydrogen) atoms. The van der Waals surface area contributed by atoms with Crippen molar-refractivity contribution in [3.8, 4) is 22.8 Å². The molecule has 2 aromatic heterocycles. The van der Waals surface area contributed by atoms with Gasteiger partial charge in [0.15, 0.2) is 17.3 Å². The van der Waals surface area contributed by atoms with E-state index in [-0.39, 0.29) is 5.91 Å². The number of halogens is 1. The highest BCUT2D eigenvalue weighted by molar-refractivity contribution is 7.08. The maximum Gasteiger partial charge on any atom is 0.270 e. The number of aryl methyl sites for hydroxylation is 1. The fourth-order valence-corrected chi connectivity index (χ4v) is 3.21. The second-order valence-corrected chi connectivity index (χ2v) is 6.57. The minimum Gasteiger partial charge on any atom is -0.486 e. The Morgan fingerprint density at radius 1 is 1.19 bits per heavy atom. The molecule has 1 aliphatic heterocycles. The van der Waals surface area contributed by atoms with E-state index in [1.54, 1.807) is 19.1 Å². The van der Waals surface area contributed by atoms with E-state index in [0.717, 1.165) is 11.5 Å². The molecule has 132 valence electrons. The van der Waals surface area contributed by atoms with Gasteiger partial charge in [-0.25, -0.2) is 4.98 Å². The molecule has 0 radical (unpaired) electrons. The van der Waals surface area contributed by atoms with Crippen LogP contribution in [0.1, 0.15) is 15.4 Å². The van der Waals surface area contributed by atoms with Crippen LogP contribution >= 0.6 is 23.1 Å². The van der Waals surface area contributed by atoms with Crippen LogP contribution in [0.25, 0.3) is 11.3 Å². The molecule has 0 fully saturated rings. The quantitative estimate of drug-likeness (QED) is 0.735. The first kappa shape index (κ1) is 16.7. The topological polar surface area (TPSA) is 99.1 Å². The molecule has 0 atom stereocenters. The standard InChI is InChI=1S/C16H12ClN5O3S/c1-8-15(26-22-21-8)16(23)20-14-7-18-11(6-19-14)9-4-12-13(5-10(9)17)25-3-2-24-12/h4-7H,2-3H2,1H3,(H,19,20,23). The zero-order chi connectivity index (χ0) is 18.1. The van der Waals surface area contributed by atoms with E-state index in [2.05, 4.69) is 24.9 Å². The second-order valence-electron chi connectivity index (χ2n) is 5.40. The average molecular weight is 390 g/mol. The van der Waals surface area contributed by atoms with E-state index < -0.39 is 0 Å². The number of carbonyl (C=O) groups excluding carboxylic acids is 1. The molecule has 1 aliphatic rings.